The average molecular weight is 175 g/mol. The van der Waals surface area contributed by atoms with Crippen LogP contribution in [-0.4, -0.2) is 16.8 Å². The van der Waals surface area contributed by atoms with Gasteiger partial charge in [-0.3, -0.25) is 9.59 Å². The number of nitrogens with two attached hydrogens (primary N) is 1. The molecule has 3 nitrogen and oxygen atoms in total. The number of rotatable bonds is 4. The molecule has 0 aromatic carbocycles. The van der Waals surface area contributed by atoms with Gasteiger partial charge in [0, 0.05) is 5.75 Å². The molecule has 0 saturated heterocycles. The van der Waals surface area contributed by atoms with E-state index in [9.17, 15) is 9.59 Å². The summed E-state index contributed by atoms with van der Waals surface area (Å²) in [5.41, 5.74) is 4.74. The van der Waals surface area contributed by atoms with Crippen molar-refractivity contribution >= 4 is 22.8 Å². The third-order valence-corrected chi connectivity index (χ3v) is 2.14. The highest BCUT2D eigenvalue weighted by molar-refractivity contribution is 8.15. The second-order valence-electron chi connectivity index (χ2n) is 2.21. The first-order chi connectivity index (χ1) is 5.18. The Morgan fingerprint density at radius 2 is 2.00 bits per heavy atom. The molecule has 0 unspecified atom stereocenters. The fraction of sp³-hybridized carbons (Fsp3) is 0.714. The smallest absolute Gasteiger partial charge is 0.296 e. The standard InChI is InChI=1S/C7H13NO2S/c1-2-3-4-5-11-7(10)6(8)9/h2-5H2,1H3,(H2,8,9). The van der Waals surface area contributed by atoms with Gasteiger partial charge in [0.05, 0.1) is 0 Å². The second kappa shape index (κ2) is 6.22. The van der Waals surface area contributed by atoms with E-state index in [-0.39, 0.29) is 0 Å². The third kappa shape index (κ3) is 5.91. The molecular formula is C7H13NO2S. The first-order valence-corrected chi connectivity index (χ1v) is 4.63. The predicted octanol–water partition coefficient (Wildman–Crippen LogP) is 0.922. The molecule has 0 atom stereocenters. The quantitative estimate of drug-likeness (QED) is 0.510. The largest absolute Gasteiger partial charge is 0.362 e. The van der Waals surface area contributed by atoms with Gasteiger partial charge < -0.3 is 5.73 Å². The molecule has 0 aliphatic heterocycles. The second-order valence-corrected chi connectivity index (χ2v) is 3.27. The highest BCUT2D eigenvalue weighted by Crippen LogP contribution is 2.06. The summed E-state index contributed by atoms with van der Waals surface area (Å²) in [6.45, 7) is 2.08. The number of carbonyl (C=O) groups excluding carboxylic acids is 2. The summed E-state index contributed by atoms with van der Waals surface area (Å²) in [5.74, 6) is -0.137. The SMILES string of the molecule is CCCCCSC(=O)C(N)=O. The highest BCUT2D eigenvalue weighted by atomic mass is 32.2. The minimum atomic E-state index is -0.841. The van der Waals surface area contributed by atoms with Crippen molar-refractivity contribution in [3.8, 4) is 0 Å². The van der Waals surface area contributed by atoms with Crippen LogP contribution < -0.4 is 5.73 Å². The van der Waals surface area contributed by atoms with E-state index in [1.165, 1.54) is 0 Å². The van der Waals surface area contributed by atoms with Crippen molar-refractivity contribution in [1.29, 1.82) is 0 Å². The summed E-state index contributed by atoms with van der Waals surface area (Å²) in [5, 5.41) is -0.527. The first kappa shape index (κ1) is 10.5. The van der Waals surface area contributed by atoms with Crippen LogP contribution in [0.4, 0.5) is 0 Å². The van der Waals surface area contributed by atoms with Gasteiger partial charge in [-0.2, -0.15) is 0 Å². The van der Waals surface area contributed by atoms with Crippen molar-refractivity contribution in [2.24, 2.45) is 5.73 Å². The van der Waals surface area contributed by atoms with Crippen LogP contribution in [0, 0.1) is 0 Å². The molecule has 0 saturated carbocycles. The molecule has 1 amide bonds. The molecular weight excluding hydrogens is 162 g/mol. The first-order valence-electron chi connectivity index (χ1n) is 3.65. The number of carbonyl (C=O) groups is 2. The van der Waals surface area contributed by atoms with E-state index in [0.717, 1.165) is 31.0 Å². The molecule has 0 aliphatic rings. The van der Waals surface area contributed by atoms with Gasteiger partial charge in [-0.15, -0.1) is 0 Å². The summed E-state index contributed by atoms with van der Waals surface area (Å²) in [6.07, 6.45) is 3.19. The Hall–Kier alpha value is -0.510. The topological polar surface area (TPSA) is 60.2 Å². The molecule has 0 fully saturated rings. The maximum absolute atomic E-state index is 10.6. The normalized spacial score (nSPS) is 9.55. The third-order valence-electron chi connectivity index (χ3n) is 1.18. The molecule has 11 heavy (non-hydrogen) atoms. The molecule has 2 N–H and O–H groups in total. The predicted molar refractivity (Wildman–Crippen MR) is 46.2 cm³/mol. The van der Waals surface area contributed by atoms with Crippen molar-refractivity contribution in [3.05, 3.63) is 0 Å². The minimum Gasteiger partial charge on any atom is -0.362 e. The van der Waals surface area contributed by atoms with E-state index in [0.29, 0.717) is 5.75 Å². The van der Waals surface area contributed by atoms with Crippen LogP contribution in [0.3, 0.4) is 0 Å². The minimum absolute atomic E-state index is 0.527. The van der Waals surface area contributed by atoms with Crippen LogP contribution in [0.15, 0.2) is 0 Å². The van der Waals surface area contributed by atoms with E-state index < -0.39 is 11.0 Å². The van der Waals surface area contributed by atoms with E-state index >= 15 is 0 Å². The molecule has 4 heteroatoms. The lowest BCUT2D eigenvalue weighted by Crippen LogP contribution is -2.20. The maximum atomic E-state index is 10.6. The van der Waals surface area contributed by atoms with Gasteiger partial charge in [0.15, 0.2) is 0 Å². The lowest BCUT2D eigenvalue weighted by atomic mass is 10.3. The van der Waals surface area contributed by atoms with Crippen molar-refractivity contribution in [3.63, 3.8) is 0 Å². The van der Waals surface area contributed by atoms with E-state index in [2.05, 4.69) is 6.92 Å². The monoisotopic (exact) mass is 175 g/mol. The molecule has 0 bridgehead atoms. The zero-order chi connectivity index (χ0) is 8.69. The van der Waals surface area contributed by atoms with Crippen LogP contribution >= 0.6 is 11.8 Å². The lowest BCUT2D eigenvalue weighted by molar-refractivity contribution is -0.130. The van der Waals surface area contributed by atoms with Gasteiger partial charge in [-0.25, -0.2) is 0 Å². The van der Waals surface area contributed by atoms with E-state index in [4.69, 9.17) is 5.73 Å². The fourth-order valence-corrected chi connectivity index (χ4v) is 1.26. The summed E-state index contributed by atoms with van der Waals surface area (Å²) in [4.78, 5) is 20.8. The van der Waals surface area contributed by atoms with Gasteiger partial charge in [0.2, 0.25) is 0 Å². The van der Waals surface area contributed by atoms with Gasteiger partial charge in [-0.05, 0) is 6.42 Å². The number of hydrogen-bond donors (Lipinski definition) is 1. The van der Waals surface area contributed by atoms with Crippen molar-refractivity contribution in [2.75, 3.05) is 5.75 Å². The molecule has 64 valence electrons. The van der Waals surface area contributed by atoms with Gasteiger partial charge in [0.1, 0.15) is 0 Å². The maximum Gasteiger partial charge on any atom is 0.296 e. The summed E-state index contributed by atoms with van der Waals surface area (Å²) < 4.78 is 0. The Morgan fingerprint density at radius 1 is 1.36 bits per heavy atom. The Labute approximate surface area is 70.7 Å². The van der Waals surface area contributed by atoms with Crippen LogP contribution in [0.25, 0.3) is 0 Å². The Morgan fingerprint density at radius 3 is 2.45 bits per heavy atom. The zero-order valence-electron chi connectivity index (χ0n) is 6.63. The van der Waals surface area contributed by atoms with Gasteiger partial charge in [-0.1, -0.05) is 31.5 Å². The van der Waals surface area contributed by atoms with Crippen LogP contribution in [0.2, 0.25) is 0 Å². The summed E-state index contributed by atoms with van der Waals surface area (Å²) in [6, 6.07) is 0. The van der Waals surface area contributed by atoms with Crippen LogP contribution in [-0.2, 0) is 9.59 Å². The van der Waals surface area contributed by atoms with Gasteiger partial charge in [0.25, 0.3) is 11.0 Å². The number of amides is 1. The number of unbranched alkanes of at least 4 members (excludes halogenated alkanes) is 2. The fourth-order valence-electron chi connectivity index (χ4n) is 0.588. The zero-order valence-corrected chi connectivity index (χ0v) is 7.45. The summed E-state index contributed by atoms with van der Waals surface area (Å²) >= 11 is 1.01. The van der Waals surface area contributed by atoms with E-state index in [1.807, 2.05) is 0 Å². The van der Waals surface area contributed by atoms with E-state index in [1.54, 1.807) is 0 Å². The molecule has 0 spiro atoms. The van der Waals surface area contributed by atoms with Crippen LogP contribution in [0.5, 0.6) is 0 Å². The van der Waals surface area contributed by atoms with Gasteiger partial charge >= 0.3 is 0 Å². The number of thioether (sulfide) groups is 1. The average Bonchev–Trinajstić information content (AvgIpc) is 1.97. The van der Waals surface area contributed by atoms with Crippen LogP contribution in [0.1, 0.15) is 26.2 Å². The summed E-state index contributed by atoms with van der Waals surface area (Å²) in [7, 11) is 0. The van der Waals surface area contributed by atoms with Crippen molar-refractivity contribution in [2.45, 2.75) is 26.2 Å². The Balaban J connectivity index is 3.25. The number of hydrogen-bond acceptors (Lipinski definition) is 3. The Bertz CT molecular complexity index is 147. The lowest BCUT2D eigenvalue weighted by Gasteiger charge is -1.95. The number of primary amides is 1. The molecule has 0 radical (unpaired) electrons. The highest BCUT2D eigenvalue weighted by Gasteiger charge is 2.07. The molecule has 0 rings (SSSR count). The molecule has 0 aliphatic carbocycles. The molecule has 0 heterocycles. The molecule has 0 aromatic rings. The Kier molecular flexibility index (Phi) is 5.93. The molecule has 0 aromatic heterocycles. The van der Waals surface area contributed by atoms with Crippen molar-refractivity contribution < 1.29 is 9.59 Å². The van der Waals surface area contributed by atoms with Crippen molar-refractivity contribution in [1.82, 2.24) is 0 Å².